The van der Waals surface area contributed by atoms with E-state index in [0.717, 1.165) is 25.4 Å². The molecule has 2 aliphatic heterocycles. The van der Waals surface area contributed by atoms with Crippen LogP contribution in [-0.2, 0) is 4.79 Å². The third-order valence-electron chi connectivity index (χ3n) is 4.44. The molecule has 2 unspecified atom stereocenters. The van der Waals surface area contributed by atoms with Gasteiger partial charge in [-0.1, -0.05) is 25.9 Å². The van der Waals surface area contributed by atoms with Gasteiger partial charge in [-0.25, -0.2) is 0 Å². The topological polar surface area (TPSA) is 74.5 Å². The lowest BCUT2D eigenvalue weighted by Crippen LogP contribution is -2.44. The monoisotopic (exact) mass is 353 g/mol. The second kappa shape index (κ2) is 7.01. The molecule has 7 nitrogen and oxygen atoms in total. The maximum Gasteiger partial charge on any atom is 0.250 e. The fourth-order valence-corrected chi connectivity index (χ4v) is 4.23. The normalized spacial score (nSPS) is 26.1. The van der Waals surface area contributed by atoms with Crippen LogP contribution in [0.4, 0.5) is 0 Å². The molecular weight excluding hydrogens is 326 g/mol. The molecule has 2 atom stereocenters. The quantitative estimate of drug-likeness (QED) is 0.886. The second-order valence-electron chi connectivity index (χ2n) is 7.81. The minimum Gasteiger partial charge on any atom is -0.337 e. The molecule has 2 aliphatic rings. The Balaban J connectivity index is 1.72. The van der Waals surface area contributed by atoms with E-state index in [1.165, 1.54) is 0 Å². The van der Waals surface area contributed by atoms with Gasteiger partial charge in [-0.15, -0.1) is 11.8 Å². The van der Waals surface area contributed by atoms with Gasteiger partial charge in [0.25, 0.3) is 0 Å². The van der Waals surface area contributed by atoms with Crippen LogP contribution in [0.25, 0.3) is 0 Å². The lowest BCUT2D eigenvalue weighted by atomic mass is 9.91. The fraction of sp³-hybridized carbons (Fsp3) is 0.812. The summed E-state index contributed by atoms with van der Waals surface area (Å²) in [6.45, 7) is 9.01. The van der Waals surface area contributed by atoms with Crippen LogP contribution >= 0.6 is 11.8 Å². The van der Waals surface area contributed by atoms with Crippen LogP contribution in [0.5, 0.6) is 0 Å². The van der Waals surface area contributed by atoms with Crippen LogP contribution in [0.3, 0.4) is 0 Å². The van der Waals surface area contributed by atoms with E-state index in [0.29, 0.717) is 24.0 Å². The van der Waals surface area contributed by atoms with E-state index in [1.807, 2.05) is 4.90 Å². The molecule has 0 spiro atoms. The molecule has 1 N–H and O–H groups in total. The third-order valence-corrected chi connectivity index (χ3v) is 5.45. The van der Waals surface area contributed by atoms with Crippen molar-refractivity contribution in [3.63, 3.8) is 0 Å². The molecule has 1 amide bonds. The van der Waals surface area contributed by atoms with Crippen LogP contribution in [0.2, 0.25) is 0 Å². The van der Waals surface area contributed by atoms with Gasteiger partial charge in [-0.05, 0) is 12.5 Å². The molecule has 2 saturated heterocycles. The summed E-state index contributed by atoms with van der Waals surface area (Å²) in [6, 6.07) is 0.0250. The standard InChI is InChI=1S/C16H27N5O2S/c1-16(2,3)7-13(22)21-10-24-9-12(21)15-18-14(19-23-15)11-8-17-5-6-20(11)4/h11-12,17H,5-10H2,1-4H3. The zero-order valence-electron chi connectivity index (χ0n) is 14.9. The summed E-state index contributed by atoms with van der Waals surface area (Å²) in [7, 11) is 2.08. The number of thioether (sulfide) groups is 1. The van der Waals surface area contributed by atoms with E-state index in [2.05, 4.69) is 48.2 Å². The Morgan fingerprint density at radius 1 is 1.42 bits per heavy atom. The molecule has 0 aliphatic carbocycles. The van der Waals surface area contributed by atoms with Crippen LogP contribution in [0.15, 0.2) is 4.52 Å². The number of piperazine rings is 1. The zero-order chi connectivity index (χ0) is 17.3. The first kappa shape index (κ1) is 17.7. The highest BCUT2D eigenvalue weighted by atomic mass is 32.2. The molecule has 3 heterocycles. The number of carbonyl (C=O) groups is 1. The largest absolute Gasteiger partial charge is 0.337 e. The minimum absolute atomic E-state index is 0.0224. The van der Waals surface area contributed by atoms with Gasteiger partial charge in [0.1, 0.15) is 6.04 Å². The van der Waals surface area contributed by atoms with Gasteiger partial charge < -0.3 is 14.7 Å². The van der Waals surface area contributed by atoms with Crippen molar-refractivity contribution in [2.45, 2.75) is 39.3 Å². The highest BCUT2D eigenvalue weighted by molar-refractivity contribution is 7.99. The maximum absolute atomic E-state index is 12.6. The molecule has 8 heteroatoms. The Bertz CT molecular complexity index is 585. The number of hydrogen-bond donors (Lipinski definition) is 1. The van der Waals surface area contributed by atoms with E-state index in [-0.39, 0.29) is 23.4 Å². The Morgan fingerprint density at radius 3 is 2.92 bits per heavy atom. The third kappa shape index (κ3) is 3.92. The molecule has 1 aromatic heterocycles. The first-order valence-corrected chi connectivity index (χ1v) is 9.62. The first-order valence-electron chi connectivity index (χ1n) is 8.47. The molecule has 1 aromatic rings. The molecule has 0 saturated carbocycles. The number of aromatic nitrogens is 2. The van der Waals surface area contributed by atoms with Crippen molar-refractivity contribution in [2.24, 2.45) is 5.41 Å². The van der Waals surface area contributed by atoms with Crippen molar-refractivity contribution >= 4 is 17.7 Å². The van der Waals surface area contributed by atoms with E-state index in [9.17, 15) is 4.79 Å². The molecule has 0 radical (unpaired) electrons. The Morgan fingerprint density at radius 2 is 2.21 bits per heavy atom. The summed E-state index contributed by atoms with van der Waals surface area (Å²) in [5.41, 5.74) is -0.0224. The van der Waals surface area contributed by atoms with Crippen molar-refractivity contribution in [1.82, 2.24) is 25.3 Å². The van der Waals surface area contributed by atoms with Gasteiger partial charge in [0, 0.05) is 31.8 Å². The molecular formula is C16H27N5O2S. The molecule has 24 heavy (non-hydrogen) atoms. The highest BCUT2D eigenvalue weighted by Crippen LogP contribution is 2.35. The van der Waals surface area contributed by atoms with Gasteiger partial charge >= 0.3 is 0 Å². The van der Waals surface area contributed by atoms with Crippen LogP contribution < -0.4 is 5.32 Å². The van der Waals surface area contributed by atoms with E-state index in [1.54, 1.807) is 11.8 Å². The molecule has 0 bridgehead atoms. The van der Waals surface area contributed by atoms with E-state index >= 15 is 0 Å². The number of likely N-dealkylation sites (N-methyl/N-ethyl adjacent to an activating group) is 1. The van der Waals surface area contributed by atoms with Crippen LogP contribution in [0.1, 0.15) is 51.0 Å². The average Bonchev–Trinajstić information content (AvgIpc) is 3.14. The summed E-state index contributed by atoms with van der Waals surface area (Å²) in [5.74, 6) is 2.95. The molecule has 3 rings (SSSR count). The molecule has 0 aromatic carbocycles. The summed E-state index contributed by atoms with van der Waals surface area (Å²) in [5, 5.41) is 7.55. The van der Waals surface area contributed by atoms with Crippen LogP contribution in [-0.4, -0.2) is 64.2 Å². The second-order valence-corrected chi connectivity index (χ2v) is 8.81. The minimum atomic E-state index is -0.104. The summed E-state index contributed by atoms with van der Waals surface area (Å²) in [4.78, 5) is 21.4. The summed E-state index contributed by atoms with van der Waals surface area (Å²) in [6.07, 6.45) is 0.528. The average molecular weight is 353 g/mol. The first-order chi connectivity index (χ1) is 11.3. The molecule has 2 fully saturated rings. The van der Waals surface area contributed by atoms with Crippen LogP contribution in [0, 0.1) is 5.41 Å². The lowest BCUT2D eigenvalue weighted by molar-refractivity contribution is -0.134. The van der Waals surface area contributed by atoms with Crippen molar-refractivity contribution < 1.29 is 9.32 Å². The zero-order valence-corrected chi connectivity index (χ0v) is 15.7. The summed E-state index contributed by atoms with van der Waals surface area (Å²) < 4.78 is 5.54. The predicted molar refractivity (Wildman–Crippen MR) is 93.5 cm³/mol. The van der Waals surface area contributed by atoms with Gasteiger partial charge in [0.15, 0.2) is 5.82 Å². The maximum atomic E-state index is 12.6. The van der Waals surface area contributed by atoms with Gasteiger partial charge in [0.2, 0.25) is 11.8 Å². The SMILES string of the molecule is CN1CCNCC1c1noc(C2CSCN2C(=O)CC(C)(C)C)n1. The predicted octanol–water partition coefficient (Wildman–Crippen LogP) is 1.66. The van der Waals surface area contributed by atoms with Gasteiger partial charge in [0.05, 0.1) is 11.9 Å². The fourth-order valence-electron chi connectivity index (χ4n) is 3.06. The van der Waals surface area contributed by atoms with E-state index in [4.69, 9.17) is 4.52 Å². The number of amides is 1. The molecule has 134 valence electrons. The highest BCUT2D eigenvalue weighted by Gasteiger charge is 2.36. The van der Waals surface area contributed by atoms with Crippen molar-refractivity contribution in [2.75, 3.05) is 38.3 Å². The lowest BCUT2D eigenvalue weighted by Gasteiger charge is -2.30. The smallest absolute Gasteiger partial charge is 0.250 e. The Hall–Kier alpha value is -1.12. The van der Waals surface area contributed by atoms with Gasteiger partial charge in [-0.2, -0.15) is 4.98 Å². The summed E-state index contributed by atoms with van der Waals surface area (Å²) >= 11 is 1.74. The number of hydrogen-bond acceptors (Lipinski definition) is 7. The van der Waals surface area contributed by atoms with Crippen molar-refractivity contribution in [3.8, 4) is 0 Å². The van der Waals surface area contributed by atoms with Gasteiger partial charge in [-0.3, -0.25) is 9.69 Å². The number of carbonyl (C=O) groups excluding carboxylic acids is 1. The van der Waals surface area contributed by atoms with Crippen molar-refractivity contribution in [1.29, 1.82) is 0 Å². The number of nitrogens with one attached hydrogen (secondary N) is 1. The van der Waals surface area contributed by atoms with E-state index < -0.39 is 0 Å². The van der Waals surface area contributed by atoms with Crippen molar-refractivity contribution in [3.05, 3.63) is 11.7 Å². The Kier molecular flexibility index (Phi) is 5.17. The number of rotatable bonds is 3. The number of nitrogens with zero attached hydrogens (tertiary/aromatic N) is 4. The Labute approximate surface area is 147 Å².